The predicted molar refractivity (Wildman–Crippen MR) is 83.2 cm³/mol. The molecule has 1 atom stereocenters. The minimum absolute atomic E-state index is 0.0353. The number of amides is 1. The van der Waals surface area contributed by atoms with Gasteiger partial charge in [0.15, 0.2) is 0 Å². The van der Waals surface area contributed by atoms with E-state index in [9.17, 15) is 9.90 Å². The Kier molecular flexibility index (Phi) is 6.26. The van der Waals surface area contributed by atoms with Gasteiger partial charge < -0.3 is 15.2 Å². The lowest BCUT2D eigenvalue weighted by molar-refractivity contribution is 0.0897. The Morgan fingerprint density at radius 3 is 2.48 bits per heavy atom. The maximum absolute atomic E-state index is 12.1. The van der Waals surface area contributed by atoms with Gasteiger partial charge in [-0.25, -0.2) is 0 Å². The summed E-state index contributed by atoms with van der Waals surface area (Å²) in [4.78, 5) is 12.1. The van der Waals surface area contributed by atoms with Crippen molar-refractivity contribution in [3.63, 3.8) is 0 Å². The highest BCUT2D eigenvalue weighted by molar-refractivity contribution is 5.94. The Morgan fingerprint density at radius 1 is 1.38 bits per heavy atom. The van der Waals surface area contributed by atoms with Crippen LogP contribution in [0, 0.1) is 17.8 Å². The van der Waals surface area contributed by atoms with Crippen molar-refractivity contribution in [2.75, 3.05) is 13.2 Å². The van der Waals surface area contributed by atoms with Crippen molar-refractivity contribution in [2.24, 2.45) is 5.41 Å². The topological polar surface area (TPSA) is 58.6 Å². The maximum Gasteiger partial charge on any atom is 0.251 e. The molecule has 0 spiro atoms. The molecule has 1 amide bonds. The summed E-state index contributed by atoms with van der Waals surface area (Å²) in [5.41, 5.74) is 0.559. The fraction of sp³-hybridized carbons (Fsp3) is 0.471. The van der Waals surface area contributed by atoms with E-state index in [1.165, 1.54) is 0 Å². The van der Waals surface area contributed by atoms with Crippen LogP contribution in [0.4, 0.5) is 0 Å². The molecular weight excluding hydrogens is 266 g/mol. The Morgan fingerprint density at radius 2 is 2.00 bits per heavy atom. The molecule has 0 fully saturated rings. The van der Waals surface area contributed by atoms with Crippen LogP contribution in [-0.2, 0) is 0 Å². The molecule has 0 aromatic heterocycles. The lowest BCUT2D eigenvalue weighted by Gasteiger charge is -2.25. The molecule has 1 aromatic carbocycles. The Hall–Kier alpha value is -1.99. The van der Waals surface area contributed by atoms with Crippen molar-refractivity contribution in [1.29, 1.82) is 0 Å². The van der Waals surface area contributed by atoms with Gasteiger partial charge in [0.25, 0.3) is 5.91 Å². The molecule has 0 radical (unpaired) electrons. The van der Waals surface area contributed by atoms with Crippen LogP contribution in [0.1, 0.15) is 37.6 Å². The molecule has 0 saturated heterocycles. The molecule has 0 heterocycles. The summed E-state index contributed by atoms with van der Waals surface area (Å²) in [7, 11) is 0. The highest BCUT2D eigenvalue weighted by Crippen LogP contribution is 2.21. The fourth-order valence-corrected chi connectivity index (χ4v) is 2.00. The lowest BCUT2D eigenvalue weighted by Crippen LogP contribution is -2.40. The molecule has 0 aliphatic rings. The smallest absolute Gasteiger partial charge is 0.251 e. The van der Waals surface area contributed by atoms with Crippen LogP contribution in [0.2, 0.25) is 0 Å². The van der Waals surface area contributed by atoms with Crippen molar-refractivity contribution in [1.82, 2.24) is 5.32 Å². The molecule has 4 nitrogen and oxygen atoms in total. The molecule has 0 aliphatic heterocycles. The first-order valence-corrected chi connectivity index (χ1v) is 6.94. The molecule has 21 heavy (non-hydrogen) atoms. The number of carbonyl (C=O) groups is 1. The van der Waals surface area contributed by atoms with E-state index in [4.69, 9.17) is 11.2 Å². The van der Waals surface area contributed by atoms with E-state index >= 15 is 0 Å². The average molecular weight is 289 g/mol. The Bertz CT molecular complexity index is 494. The van der Waals surface area contributed by atoms with Gasteiger partial charge in [-0.2, -0.15) is 0 Å². The van der Waals surface area contributed by atoms with Crippen molar-refractivity contribution in [3.8, 4) is 18.1 Å². The second kappa shape index (κ2) is 7.70. The number of nitrogens with one attached hydrogen (secondary N) is 1. The van der Waals surface area contributed by atoms with Crippen molar-refractivity contribution in [2.45, 2.75) is 33.2 Å². The lowest BCUT2D eigenvalue weighted by atomic mass is 9.88. The molecule has 0 saturated carbocycles. The van der Waals surface area contributed by atoms with Crippen molar-refractivity contribution in [3.05, 3.63) is 29.8 Å². The summed E-state index contributed by atoms with van der Waals surface area (Å²) in [6, 6.07) is 6.49. The highest BCUT2D eigenvalue weighted by atomic mass is 16.5. The second-order valence-corrected chi connectivity index (χ2v) is 6.13. The van der Waals surface area contributed by atoms with Gasteiger partial charge in [-0.05, 0) is 36.1 Å². The van der Waals surface area contributed by atoms with Crippen LogP contribution in [0.25, 0.3) is 0 Å². The minimum atomic E-state index is -0.255. The zero-order valence-electron chi connectivity index (χ0n) is 12.8. The third-order valence-corrected chi connectivity index (χ3v) is 2.85. The van der Waals surface area contributed by atoms with E-state index in [1.807, 2.05) is 0 Å². The standard InChI is InChI=1S/C17H23NO3/c1-5-10-21-15-8-6-13(7-9-15)16(20)18-14(12-19)11-17(2,3)4/h1,6-9,14,19H,10-12H2,2-4H3,(H,18,20). The first kappa shape index (κ1) is 17.1. The SMILES string of the molecule is C#CCOc1ccc(C(=O)NC(CO)CC(C)(C)C)cc1. The van der Waals surface area contributed by atoms with Gasteiger partial charge in [0, 0.05) is 5.56 Å². The van der Waals surface area contributed by atoms with E-state index in [0.29, 0.717) is 17.7 Å². The fourth-order valence-electron chi connectivity index (χ4n) is 2.00. The maximum atomic E-state index is 12.1. The van der Waals surface area contributed by atoms with Gasteiger partial charge in [-0.3, -0.25) is 4.79 Å². The van der Waals surface area contributed by atoms with Crippen LogP contribution in [-0.4, -0.2) is 30.3 Å². The summed E-state index contributed by atoms with van der Waals surface area (Å²) in [6.07, 6.45) is 5.82. The Labute approximate surface area is 126 Å². The number of rotatable bonds is 6. The molecule has 114 valence electrons. The third kappa shape index (κ3) is 6.33. The van der Waals surface area contributed by atoms with Gasteiger partial charge in [-0.15, -0.1) is 6.42 Å². The van der Waals surface area contributed by atoms with Gasteiger partial charge >= 0.3 is 0 Å². The monoisotopic (exact) mass is 289 g/mol. The zero-order chi connectivity index (χ0) is 15.9. The van der Waals surface area contributed by atoms with E-state index in [-0.39, 0.29) is 30.6 Å². The summed E-state index contributed by atoms with van der Waals surface area (Å²) >= 11 is 0. The molecule has 0 aliphatic carbocycles. The van der Waals surface area contributed by atoms with Gasteiger partial charge in [-0.1, -0.05) is 26.7 Å². The molecule has 4 heteroatoms. The summed E-state index contributed by atoms with van der Waals surface area (Å²) < 4.78 is 5.25. The number of terminal acetylenes is 1. The van der Waals surface area contributed by atoms with Gasteiger partial charge in [0.1, 0.15) is 12.4 Å². The van der Waals surface area contributed by atoms with Crippen LogP contribution >= 0.6 is 0 Å². The van der Waals surface area contributed by atoms with Crippen LogP contribution in [0.3, 0.4) is 0 Å². The first-order chi connectivity index (χ1) is 9.85. The summed E-state index contributed by atoms with van der Waals surface area (Å²) in [5.74, 6) is 2.80. The molecule has 1 rings (SSSR count). The molecular formula is C17H23NO3. The second-order valence-electron chi connectivity index (χ2n) is 6.13. The molecule has 1 unspecified atom stereocenters. The van der Waals surface area contributed by atoms with Gasteiger partial charge in [0.2, 0.25) is 0 Å². The van der Waals surface area contributed by atoms with Crippen molar-refractivity contribution < 1.29 is 14.6 Å². The normalized spacial score (nSPS) is 12.3. The third-order valence-electron chi connectivity index (χ3n) is 2.85. The van der Waals surface area contributed by atoms with E-state index in [2.05, 4.69) is 32.0 Å². The molecule has 1 aromatic rings. The quantitative estimate of drug-likeness (QED) is 0.790. The number of benzene rings is 1. The largest absolute Gasteiger partial charge is 0.481 e. The van der Waals surface area contributed by atoms with E-state index in [1.54, 1.807) is 24.3 Å². The average Bonchev–Trinajstić information content (AvgIpc) is 2.43. The summed E-state index contributed by atoms with van der Waals surface area (Å²) in [5, 5.41) is 12.2. The summed E-state index contributed by atoms with van der Waals surface area (Å²) in [6.45, 7) is 6.33. The van der Waals surface area contributed by atoms with Crippen LogP contribution in [0.15, 0.2) is 24.3 Å². The van der Waals surface area contributed by atoms with Crippen molar-refractivity contribution >= 4 is 5.91 Å². The zero-order valence-corrected chi connectivity index (χ0v) is 12.8. The van der Waals surface area contributed by atoms with E-state index in [0.717, 1.165) is 0 Å². The van der Waals surface area contributed by atoms with Gasteiger partial charge in [0.05, 0.1) is 12.6 Å². The number of carbonyl (C=O) groups excluding carboxylic acids is 1. The highest BCUT2D eigenvalue weighted by Gasteiger charge is 2.20. The number of ether oxygens (including phenoxy) is 1. The molecule has 2 N–H and O–H groups in total. The molecule has 0 bridgehead atoms. The van der Waals surface area contributed by atoms with Crippen LogP contribution in [0.5, 0.6) is 5.75 Å². The predicted octanol–water partition coefficient (Wildman–Crippen LogP) is 2.23. The minimum Gasteiger partial charge on any atom is -0.481 e. The van der Waals surface area contributed by atoms with Crippen LogP contribution < -0.4 is 10.1 Å². The number of hydrogen-bond donors (Lipinski definition) is 2. The number of aliphatic hydroxyl groups is 1. The number of aliphatic hydroxyl groups excluding tert-OH is 1. The Balaban J connectivity index is 2.64. The first-order valence-electron chi connectivity index (χ1n) is 6.94. The van der Waals surface area contributed by atoms with E-state index < -0.39 is 0 Å². The number of hydrogen-bond acceptors (Lipinski definition) is 3.